The average molecular weight is 282 g/mol. The van der Waals surface area contributed by atoms with Crippen LogP contribution in [0.5, 0.6) is 5.88 Å². The summed E-state index contributed by atoms with van der Waals surface area (Å²) < 4.78 is 10.2. The summed E-state index contributed by atoms with van der Waals surface area (Å²) >= 11 is 0. The predicted octanol–water partition coefficient (Wildman–Crippen LogP) is 2.19. The minimum Gasteiger partial charge on any atom is -0.481 e. The number of carbonyl (C=O) groups excluding carboxylic acids is 1. The topological polar surface area (TPSA) is 91.6 Å². The fourth-order valence-electron chi connectivity index (χ4n) is 1.63. The van der Waals surface area contributed by atoms with E-state index in [1.807, 2.05) is 0 Å². The fraction of sp³-hybridized carbons (Fsp3) is 0.538. The average Bonchev–Trinajstić information content (AvgIpc) is 2.28. The lowest BCUT2D eigenvalue weighted by Crippen LogP contribution is -2.25. The van der Waals surface area contributed by atoms with Crippen LogP contribution >= 0.6 is 0 Å². The van der Waals surface area contributed by atoms with E-state index in [0.717, 1.165) is 0 Å². The monoisotopic (exact) mass is 282 g/mol. The van der Waals surface area contributed by atoms with E-state index in [-0.39, 0.29) is 23.7 Å². The molecule has 0 atom stereocenters. The molecule has 1 heterocycles. The molecule has 1 aromatic heterocycles. The van der Waals surface area contributed by atoms with Crippen LogP contribution in [0.3, 0.4) is 0 Å². The third-order valence-corrected chi connectivity index (χ3v) is 2.34. The molecule has 1 aromatic rings. The minimum absolute atomic E-state index is 0.0340. The molecule has 0 aliphatic heterocycles. The highest BCUT2D eigenvalue weighted by Gasteiger charge is 2.24. The highest BCUT2D eigenvalue weighted by Crippen LogP contribution is 2.25. The smallest absolute Gasteiger partial charge is 0.312 e. The van der Waals surface area contributed by atoms with Gasteiger partial charge in [0.15, 0.2) is 0 Å². The van der Waals surface area contributed by atoms with Gasteiger partial charge in [0.25, 0.3) is 5.69 Å². The quantitative estimate of drug-likeness (QED) is 0.477. The summed E-state index contributed by atoms with van der Waals surface area (Å²) in [4.78, 5) is 26.2. The van der Waals surface area contributed by atoms with Crippen molar-refractivity contribution < 1.29 is 19.2 Å². The van der Waals surface area contributed by atoms with E-state index in [1.165, 1.54) is 13.2 Å². The Labute approximate surface area is 117 Å². The molecule has 110 valence electrons. The molecule has 0 bridgehead atoms. The van der Waals surface area contributed by atoms with E-state index in [4.69, 9.17) is 9.47 Å². The summed E-state index contributed by atoms with van der Waals surface area (Å²) in [6.45, 7) is 6.82. The van der Waals surface area contributed by atoms with Gasteiger partial charge in [-0.1, -0.05) is 0 Å². The Kier molecular flexibility index (Phi) is 4.65. The first-order valence-corrected chi connectivity index (χ1v) is 6.05. The molecule has 0 amide bonds. The van der Waals surface area contributed by atoms with E-state index >= 15 is 0 Å². The second kappa shape index (κ2) is 5.85. The van der Waals surface area contributed by atoms with Crippen LogP contribution in [0.4, 0.5) is 5.69 Å². The van der Waals surface area contributed by atoms with Crippen molar-refractivity contribution in [2.75, 3.05) is 7.11 Å². The number of aryl methyl sites for hydroxylation is 1. The maximum Gasteiger partial charge on any atom is 0.312 e. The molecule has 20 heavy (non-hydrogen) atoms. The van der Waals surface area contributed by atoms with Crippen LogP contribution in [0.2, 0.25) is 0 Å². The number of hydrogen-bond donors (Lipinski definition) is 0. The number of esters is 1. The Morgan fingerprint density at radius 2 is 2.05 bits per heavy atom. The number of carbonyl (C=O) groups is 1. The van der Waals surface area contributed by atoms with Crippen molar-refractivity contribution in [2.24, 2.45) is 0 Å². The number of ether oxygens (including phenoxy) is 2. The summed E-state index contributed by atoms with van der Waals surface area (Å²) in [6, 6.07) is 1.34. The highest BCUT2D eigenvalue weighted by atomic mass is 16.6. The number of methoxy groups -OCH3 is 1. The maximum absolute atomic E-state index is 11.8. The molecule has 7 heteroatoms. The SMILES string of the molecule is COc1nc(CC(=O)OC(C)(C)C)c([N+](=O)[O-])cc1C. The highest BCUT2D eigenvalue weighted by molar-refractivity contribution is 5.74. The van der Waals surface area contributed by atoms with Crippen molar-refractivity contribution in [1.82, 2.24) is 4.98 Å². The predicted molar refractivity (Wildman–Crippen MR) is 71.7 cm³/mol. The number of hydrogen-bond acceptors (Lipinski definition) is 6. The Morgan fingerprint density at radius 1 is 1.45 bits per heavy atom. The molecule has 0 spiro atoms. The van der Waals surface area contributed by atoms with Gasteiger partial charge in [0, 0.05) is 11.6 Å². The number of nitrogens with zero attached hydrogens (tertiary/aromatic N) is 2. The molecular weight excluding hydrogens is 264 g/mol. The third kappa shape index (κ3) is 4.18. The van der Waals surface area contributed by atoms with E-state index in [0.29, 0.717) is 5.56 Å². The molecule has 0 unspecified atom stereocenters. The van der Waals surface area contributed by atoms with Gasteiger partial charge in [-0.25, -0.2) is 4.98 Å². The molecule has 7 nitrogen and oxygen atoms in total. The lowest BCUT2D eigenvalue weighted by Gasteiger charge is -2.19. The summed E-state index contributed by atoms with van der Waals surface area (Å²) in [5.74, 6) is -0.312. The first-order valence-electron chi connectivity index (χ1n) is 6.05. The molecule has 0 saturated heterocycles. The zero-order valence-corrected chi connectivity index (χ0v) is 12.2. The standard InChI is InChI=1S/C13H18N2O5/c1-8-6-10(15(17)18)9(14-12(8)19-5)7-11(16)20-13(2,3)4/h6H,7H2,1-5H3. The molecular formula is C13H18N2O5. The number of rotatable bonds is 4. The van der Waals surface area contributed by atoms with Crippen molar-refractivity contribution in [3.05, 3.63) is 27.4 Å². The van der Waals surface area contributed by atoms with Crippen molar-refractivity contribution in [2.45, 2.75) is 39.7 Å². The minimum atomic E-state index is -0.652. The van der Waals surface area contributed by atoms with Gasteiger partial charge in [-0.3, -0.25) is 14.9 Å². The summed E-state index contributed by atoms with van der Waals surface area (Å²) in [5.41, 5.74) is -0.298. The molecule has 0 aromatic carbocycles. The normalized spacial score (nSPS) is 11.1. The molecule has 0 radical (unpaired) electrons. The van der Waals surface area contributed by atoms with Gasteiger partial charge in [-0.05, 0) is 27.7 Å². The Balaban J connectivity index is 3.09. The first kappa shape index (κ1) is 15.9. The second-order valence-corrected chi connectivity index (χ2v) is 5.30. The summed E-state index contributed by atoms with van der Waals surface area (Å²) in [7, 11) is 1.42. The van der Waals surface area contributed by atoms with Gasteiger partial charge in [-0.15, -0.1) is 0 Å². The summed E-state index contributed by atoms with van der Waals surface area (Å²) in [6.07, 6.45) is -0.274. The number of nitro groups is 1. The van der Waals surface area contributed by atoms with Gasteiger partial charge >= 0.3 is 5.97 Å². The van der Waals surface area contributed by atoms with E-state index in [2.05, 4.69) is 4.98 Å². The van der Waals surface area contributed by atoms with Crippen LogP contribution in [0, 0.1) is 17.0 Å². The Morgan fingerprint density at radius 3 is 2.50 bits per heavy atom. The lowest BCUT2D eigenvalue weighted by molar-refractivity contribution is -0.386. The molecule has 0 saturated carbocycles. The van der Waals surface area contributed by atoms with Gasteiger partial charge in [0.05, 0.1) is 18.5 Å². The van der Waals surface area contributed by atoms with Crippen molar-refractivity contribution in [3.63, 3.8) is 0 Å². The van der Waals surface area contributed by atoms with Crippen LogP contribution in [0.1, 0.15) is 32.0 Å². The number of pyridine rings is 1. The van der Waals surface area contributed by atoms with Gasteiger partial charge in [-0.2, -0.15) is 0 Å². The third-order valence-electron chi connectivity index (χ3n) is 2.34. The molecule has 0 aliphatic carbocycles. The Bertz CT molecular complexity index is 534. The van der Waals surface area contributed by atoms with Crippen molar-refractivity contribution >= 4 is 11.7 Å². The van der Waals surface area contributed by atoms with Crippen LogP contribution in [0.15, 0.2) is 6.07 Å². The molecule has 1 rings (SSSR count). The van der Waals surface area contributed by atoms with Gasteiger partial charge in [0.2, 0.25) is 5.88 Å². The zero-order chi connectivity index (χ0) is 15.5. The largest absolute Gasteiger partial charge is 0.481 e. The van der Waals surface area contributed by atoms with Gasteiger partial charge < -0.3 is 9.47 Å². The fourth-order valence-corrected chi connectivity index (χ4v) is 1.63. The van der Waals surface area contributed by atoms with Gasteiger partial charge in [0.1, 0.15) is 11.3 Å². The van der Waals surface area contributed by atoms with E-state index in [9.17, 15) is 14.9 Å². The first-order chi connectivity index (χ1) is 9.14. The van der Waals surface area contributed by atoms with Crippen LogP contribution in [0.25, 0.3) is 0 Å². The van der Waals surface area contributed by atoms with Crippen LogP contribution in [-0.2, 0) is 16.0 Å². The maximum atomic E-state index is 11.8. The Hall–Kier alpha value is -2.18. The van der Waals surface area contributed by atoms with E-state index < -0.39 is 16.5 Å². The van der Waals surface area contributed by atoms with Crippen molar-refractivity contribution in [3.8, 4) is 5.88 Å². The second-order valence-electron chi connectivity index (χ2n) is 5.30. The number of aromatic nitrogens is 1. The summed E-state index contributed by atoms with van der Waals surface area (Å²) in [5, 5.41) is 11.0. The molecule has 0 aliphatic rings. The zero-order valence-electron chi connectivity index (χ0n) is 12.2. The molecule has 0 N–H and O–H groups in total. The van der Waals surface area contributed by atoms with Crippen molar-refractivity contribution in [1.29, 1.82) is 0 Å². The van der Waals surface area contributed by atoms with E-state index in [1.54, 1.807) is 27.7 Å². The lowest BCUT2D eigenvalue weighted by atomic mass is 10.1. The van der Waals surface area contributed by atoms with Crippen LogP contribution in [-0.4, -0.2) is 28.6 Å². The van der Waals surface area contributed by atoms with Crippen LogP contribution < -0.4 is 4.74 Å². The molecule has 0 fully saturated rings.